The molecule has 0 saturated carbocycles. The van der Waals surface area contributed by atoms with Gasteiger partial charge in [-0.3, -0.25) is 10.1 Å². The number of anilines is 1. The normalized spacial score (nSPS) is 21.5. The summed E-state index contributed by atoms with van der Waals surface area (Å²) in [5.74, 6) is 1.50. The number of nitrogens with one attached hydrogen (secondary N) is 1. The molecule has 3 aromatic carbocycles. The van der Waals surface area contributed by atoms with Crippen molar-refractivity contribution in [3.63, 3.8) is 0 Å². The summed E-state index contributed by atoms with van der Waals surface area (Å²) in [6, 6.07) is 24.1. The first kappa shape index (κ1) is 18.9. The zero-order valence-electron chi connectivity index (χ0n) is 16.4. The first-order valence-electron chi connectivity index (χ1n) is 10.2. The maximum Gasteiger partial charge on any atom is 0.274 e. The Labute approximate surface area is 180 Å². The van der Waals surface area contributed by atoms with Crippen LogP contribution in [-0.4, -0.2) is 4.92 Å². The van der Waals surface area contributed by atoms with Crippen molar-refractivity contribution in [2.24, 2.45) is 5.92 Å². The zero-order valence-corrected chi connectivity index (χ0v) is 17.2. The van der Waals surface area contributed by atoms with E-state index in [4.69, 9.17) is 0 Å². The van der Waals surface area contributed by atoms with Crippen molar-refractivity contribution in [3.8, 4) is 0 Å². The second kappa shape index (κ2) is 8.00. The van der Waals surface area contributed by atoms with Gasteiger partial charge in [0.15, 0.2) is 0 Å². The van der Waals surface area contributed by atoms with Crippen molar-refractivity contribution in [3.05, 3.63) is 112 Å². The monoisotopic (exact) mass is 414 g/mol. The van der Waals surface area contributed by atoms with Gasteiger partial charge in [-0.2, -0.15) is 0 Å². The number of hydrogen-bond acceptors (Lipinski definition) is 4. The molecule has 30 heavy (non-hydrogen) atoms. The van der Waals surface area contributed by atoms with E-state index in [1.807, 2.05) is 30.0 Å². The van der Waals surface area contributed by atoms with E-state index >= 15 is 0 Å². The molecule has 0 bridgehead atoms. The first-order chi connectivity index (χ1) is 14.7. The largest absolute Gasteiger partial charge is 0.377 e. The van der Waals surface area contributed by atoms with Crippen molar-refractivity contribution in [1.29, 1.82) is 0 Å². The van der Waals surface area contributed by atoms with Crippen LogP contribution in [0.2, 0.25) is 0 Å². The van der Waals surface area contributed by atoms with E-state index in [1.54, 1.807) is 12.1 Å². The lowest BCUT2D eigenvalue weighted by Crippen LogP contribution is -2.29. The van der Waals surface area contributed by atoms with Crippen LogP contribution in [0, 0.1) is 16.0 Å². The van der Waals surface area contributed by atoms with Gasteiger partial charge in [0.25, 0.3) is 5.69 Å². The molecule has 3 aromatic rings. The predicted octanol–water partition coefficient (Wildman–Crippen LogP) is 6.71. The lowest BCUT2D eigenvalue weighted by molar-refractivity contribution is -0.385. The Hall–Kier alpha value is -3.05. The van der Waals surface area contributed by atoms with Crippen molar-refractivity contribution < 1.29 is 4.92 Å². The van der Waals surface area contributed by atoms with E-state index in [0.29, 0.717) is 0 Å². The molecule has 0 amide bonds. The third-order valence-electron chi connectivity index (χ3n) is 6.04. The maximum atomic E-state index is 11.6. The van der Waals surface area contributed by atoms with Gasteiger partial charge in [0, 0.05) is 28.3 Å². The highest BCUT2D eigenvalue weighted by Gasteiger charge is 2.40. The number of thioether (sulfide) groups is 1. The quantitative estimate of drug-likeness (QED) is 0.218. The molecule has 150 valence electrons. The van der Waals surface area contributed by atoms with E-state index in [2.05, 4.69) is 59.9 Å². The number of rotatable bonds is 5. The van der Waals surface area contributed by atoms with Crippen LogP contribution in [0.25, 0.3) is 0 Å². The Kier molecular flexibility index (Phi) is 5.05. The van der Waals surface area contributed by atoms with Crippen LogP contribution >= 0.6 is 11.8 Å². The van der Waals surface area contributed by atoms with Crippen molar-refractivity contribution in [2.45, 2.75) is 29.0 Å². The summed E-state index contributed by atoms with van der Waals surface area (Å²) in [6.45, 7) is 0. The number of fused-ring (bicyclic) bond motifs is 3. The summed E-state index contributed by atoms with van der Waals surface area (Å²) >= 11 is 1.84. The van der Waals surface area contributed by atoms with E-state index in [0.717, 1.165) is 23.4 Å². The summed E-state index contributed by atoms with van der Waals surface area (Å²) in [7, 11) is 0. The fourth-order valence-corrected chi connectivity index (χ4v) is 5.50. The highest BCUT2D eigenvalue weighted by molar-refractivity contribution is 7.98. The average molecular weight is 415 g/mol. The molecule has 0 fully saturated rings. The Morgan fingerprint density at radius 3 is 2.63 bits per heavy atom. The van der Waals surface area contributed by atoms with E-state index in [1.165, 1.54) is 16.0 Å². The van der Waals surface area contributed by atoms with Crippen molar-refractivity contribution in [2.75, 3.05) is 5.32 Å². The van der Waals surface area contributed by atoms with Crippen LogP contribution in [-0.2, 0) is 5.75 Å². The zero-order chi connectivity index (χ0) is 20.5. The minimum atomic E-state index is -0.270. The number of allylic oxidation sites excluding steroid dienone is 2. The van der Waals surface area contributed by atoms with Crippen LogP contribution in [0.5, 0.6) is 0 Å². The van der Waals surface area contributed by atoms with Crippen molar-refractivity contribution >= 4 is 23.1 Å². The van der Waals surface area contributed by atoms with Gasteiger partial charge in [-0.05, 0) is 41.7 Å². The Morgan fingerprint density at radius 1 is 1.00 bits per heavy atom. The molecular formula is C25H22N2O2S. The maximum absolute atomic E-state index is 11.6. The van der Waals surface area contributed by atoms with E-state index in [-0.39, 0.29) is 28.5 Å². The van der Waals surface area contributed by atoms with Crippen LogP contribution in [0.1, 0.15) is 35.1 Å². The van der Waals surface area contributed by atoms with Crippen LogP contribution in [0.15, 0.2) is 89.8 Å². The highest BCUT2D eigenvalue weighted by Crippen LogP contribution is 2.51. The van der Waals surface area contributed by atoms with Gasteiger partial charge in [-0.1, -0.05) is 60.7 Å². The second-order valence-corrected chi connectivity index (χ2v) is 8.86. The fourth-order valence-electron chi connectivity index (χ4n) is 4.64. The summed E-state index contributed by atoms with van der Waals surface area (Å²) in [4.78, 5) is 12.6. The molecule has 1 aliphatic heterocycles. The number of nitro groups is 1. The molecule has 1 aliphatic carbocycles. The second-order valence-electron chi connectivity index (χ2n) is 7.81. The SMILES string of the molecule is O=[N+]([O-])c1ccccc1[C@@H]1Nc2ccc(CSc3ccccc3)cc2[C@H]2C=CC[C@H]21. The molecule has 3 atom stereocenters. The molecule has 0 spiro atoms. The van der Waals surface area contributed by atoms with Crippen LogP contribution in [0.4, 0.5) is 11.4 Å². The minimum Gasteiger partial charge on any atom is -0.377 e. The molecule has 2 aliphatic rings. The van der Waals surface area contributed by atoms with E-state index < -0.39 is 0 Å². The molecule has 0 unspecified atom stereocenters. The predicted molar refractivity (Wildman–Crippen MR) is 122 cm³/mol. The average Bonchev–Trinajstić information content (AvgIpc) is 3.28. The Balaban J connectivity index is 1.45. The Bertz CT molecular complexity index is 1110. The number of nitro benzene ring substituents is 1. The first-order valence-corrected chi connectivity index (χ1v) is 11.2. The lowest BCUT2D eigenvalue weighted by Gasteiger charge is -2.37. The Morgan fingerprint density at radius 2 is 1.80 bits per heavy atom. The molecule has 0 aromatic heterocycles. The summed E-state index contributed by atoms with van der Waals surface area (Å²) < 4.78 is 0. The van der Waals surface area contributed by atoms with Gasteiger partial charge < -0.3 is 5.32 Å². The van der Waals surface area contributed by atoms with Gasteiger partial charge in [0.1, 0.15) is 0 Å². The molecule has 0 saturated heterocycles. The van der Waals surface area contributed by atoms with Gasteiger partial charge >= 0.3 is 0 Å². The van der Waals surface area contributed by atoms with Gasteiger partial charge in [-0.25, -0.2) is 0 Å². The van der Waals surface area contributed by atoms with Crippen LogP contribution < -0.4 is 5.32 Å². The number of para-hydroxylation sites is 1. The van der Waals surface area contributed by atoms with Gasteiger partial charge in [0.2, 0.25) is 0 Å². The molecule has 1 N–H and O–H groups in total. The molecule has 5 heteroatoms. The molecular weight excluding hydrogens is 392 g/mol. The third-order valence-corrected chi connectivity index (χ3v) is 7.13. The molecule has 4 nitrogen and oxygen atoms in total. The van der Waals surface area contributed by atoms with Crippen molar-refractivity contribution in [1.82, 2.24) is 0 Å². The number of hydrogen-bond donors (Lipinski definition) is 1. The van der Waals surface area contributed by atoms with E-state index in [9.17, 15) is 10.1 Å². The van der Waals surface area contributed by atoms with Gasteiger partial charge in [0.05, 0.1) is 16.5 Å². The molecule has 5 rings (SSSR count). The lowest BCUT2D eigenvalue weighted by atomic mass is 9.76. The third kappa shape index (κ3) is 3.50. The summed E-state index contributed by atoms with van der Waals surface area (Å²) in [5.41, 5.74) is 4.65. The topological polar surface area (TPSA) is 55.2 Å². The standard InChI is InChI=1S/C25H22N2O2S/c28-27(29)24-12-5-4-9-21(24)25-20-11-6-10-19(20)22-15-17(13-14-23(22)26-25)16-30-18-7-2-1-3-8-18/h1-10,12-15,19-20,25-26H,11,16H2/t19-,20+,25+/m0/s1. The van der Waals surface area contributed by atoms with Crippen LogP contribution in [0.3, 0.4) is 0 Å². The number of nitrogens with zero attached hydrogens (tertiary/aromatic N) is 1. The summed E-state index contributed by atoms with van der Waals surface area (Å²) in [5, 5.41) is 15.2. The molecule has 0 radical (unpaired) electrons. The summed E-state index contributed by atoms with van der Waals surface area (Å²) in [6.07, 6.45) is 5.43. The minimum absolute atomic E-state index is 0.0661. The smallest absolute Gasteiger partial charge is 0.274 e. The van der Waals surface area contributed by atoms with Gasteiger partial charge in [-0.15, -0.1) is 11.8 Å². The molecule has 1 heterocycles. The number of benzene rings is 3. The fraction of sp³-hybridized carbons (Fsp3) is 0.200. The highest BCUT2D eigenvalue weighted by atomic mass is 32.2.